The second kappa shape index (κ2) is 7.39. The fourth-order valence-electron chi connectivity index (χ4n) is 2.73. The summed E-state index contributed by atoms with van der Waals surface area (Å²) in [6, 6.07) is 6.39. The van der Waals surface area contributed by atoms with Gasteiger partial charge in [0.05, 0.1) is 16.4 Å². The van der Waals surface area contributed by atoms with Crippen LogP contribution in [0.1, 0.15) is 37.0 Å². The second-order valence-electron chi connectivity index (χ2n) is 5.68. The SMILES string of the molecule is CN(CC(=O)NC1(C#N)CCCCC1)Cc1ccc(Br)s1. The van der Waals surface area contributed by atoms with Crippen LogP contribution in [0.5, 0.6) is 0 Å². The van der Waals surface area contributed by atoms with Crippen LogP contribution < -0.4 is 5.32 Å². The van der Waals surface area contributed by atoms with Gasteiger partial charge in [-0.3, -0.25) is 9.69 Å². The normalized spacial score (nSPS) is 17.4. The first-order valence-electron chi connectivity index (χ1n) is 7.18. The van der Waals surface area contributed by atoms with Crippen LogP contribution >= 0.6 is 27.3 Å². The summed E-state index contributed by atoms with van der Waals surface area (Å²) in [6.45, 7) is 1.06. The second-order valence-corrected chi connectivity index (χ2v) is 8.23. The number of nitrogens with zero attached hydrogens (tertiary/aromatic N) is 2. The highest BCUT2D eigenvalue weighted by Gasteiger charge is 2.33. The van der Waals surface area contributed by atoms with Gasteiger partial charge in [-0.05, 0) is 48.0 Å². The summed E-state index contributed by atoms with van der Waals surface area (Å²) in [7, 11) is 1.92. The van der Waals surface area contributed by atoms with E-state index in [1.807, 2.05) is 18.0 Å². The van der Waals surface area contributed by atoms with Crippen LogP contribution in [0.3, 0.4) is 0 Å². The minimum atomic E-state index is -0.637. The van der Waals surface area contributed by atoms with E-state index in [4.69, 9.17) is 0 Å². The summed E-state index contributed by atoms with van der Waals surface area (Å²) in [5.41, 5.74) is -0.637. The van der Waals surface area contributed by atoms with E-state index in [1.165, 1.54) is 4.88 Å². The lowest BCUT2D eigenvalue weighted by atomic mass is 9.83. The number of nitriles is 1. The minimum absolute atomic E-state index is 0.0587. The van der Waals surface area contributed by atoms with Gasteiger partial charge < -0.3 is 5.32 Å². The lowest BCUT2D eigenvalue weighted by Gasteiger charge is -2.32. The van der Waals surface area contributed by atoms with Gasteiger partial charge in [0, 0.05) is 11.4 Å². The maximum absolute atomic E-state index is 12.2. The quantitative estimate of drug-likeness (QED) is 0.866. The number of nitrogens with one attached hydrogen (secondary N) is 1. The first kappa shape index (κ1) is 16.5. The molecule has 1 aromatic heterocycles. The summed E-state index contributed by atoms with van der Waals surface area (Å²) < 4.78 is 1.10. The number of rotatable bonds is 5. The summed E-state index contributed by atoms with van der Waals surface area (Å²) in [5, 5.41) is 12.3. The highest BCUT2D eigenvalue weighted by molar-refractivity contribution is 9.11. The summed E-state index contributed by atoms with van der Waals surface area (Å²) in [4.78, 5) is 15.4. The van der Waals surface area contributed by atoms with Gasteiger partial charge in [-0.1, -0.05) is 19.3 Å². The molecule has 1 fully saturated rings. The number of thiophene rings is 1. The molecule has 1 saturated carbocycles. The zero-order valence-corrected chi connectivity index (χ0v) is 14.6. The summed E-state index contributed by atoms with van der Waals surface area (Å²) in [5.74, 6) is -0.0587. The maximum atomic E-state index is 12.2. The van der Waals surface area contributed by atoms with E-state index in [9.17, 15) is 10.1 Å². The standard InChI is InChI=1S/C15H20BrN3OS/c1-19(9-12-5-6-13(16)21-12)10-14(20)18-15(11-17)7-3-2-4-8-15/h5-6H,2-4,7-10H2,1H3,(H,18,20). The van der Waals surface area contributed by atoms with Crippen LogP contribution in [-0.4, -0.2) is 29.9 Å². The molecule has 0 unspecified atom stereocenters. The molecule has 6 heteroatoms. The lowest BCUT2D eigenvalue weighted by Crippen LogP contribution is -2.51. The Kier molecular flexibility index (Phi) is 5.80. The Hall–Kier alpha value is -0.900. The average Bonchev–Trinajstić information content (AvgIpc) is 2.84. The van der Waals surface area contributed by atoms with Crippen molar-refractivity contribution in [3.05, 3.63) is 20.8 Å². The van der Waals surface area contributed by atoms with Crippen molar-refractivity contribution < 1.29 is 4.79 Å². The molecule has 0 radical (unpaired) electrons. The van der Waals surface area contributed by atoms with Gasteiger partial charge >= 0.3 is 0 Å². The first-order valence-corrected chi connectivity index (χ1v) is 8.79. The molecule has 21 heavy (non-hydrogen) atoms. The highest BCUT2D eigenvalue weighted by atomic mass is 79.9. The van der Waals surface area contributed by atoms with Crippen molar-refractivity contribution in [2.24, 2.45) is 0 Å². The van der Waals surface area contributed by atoms with E-state index >= 15 is 0 Å². The van der Waals surface area contributed by atoms with Gasteiger partial charge in [0.25, 0.3) is 0 Å². The Bertz CT molecular complexity index is 531. The van der Waals surface area contributed by atoms with E-state index in [1.54, 1.807) is 11.3 Å². The predicted molar refractivity (Wildman–Crippen MR) is 87.9 cm³/mol. The van der Waals surface area contributed by atoms with E-state index in [2.05, 4.69) is 33.4 Å². The third-order valence-corrected chi connectivity index (χ3v) is 5.38. The Morgan fingerprint density at radius 2 is 2.19 bits per heavy atom. The molecule has 4 nitrogen and oxygen atoms in total. The van der Waals surface area contributed by atoms with Crippen LogP contribution in [0, 0.1) is 11.3 Å². The van der Waals surface area contributed by atoms with E-state index in [-0.39, 0.29) is 5.91 Å². The zero-order valence-electron chi connectivity index (χ0n) is 12.2. The molecule has 1 aromatic rings. The molecule has 1 heterocycles. The lowest BCUT2D eigenvalue weighted by molar-refractivity contribution is -0.123. The number of carbonyl (C=O) groups is 1. The van der Waals surface area contributed by atoms with Crippen LogP contribution in [0.25, 0.3) is 0 Å². The molecule has 1 aliphatic carbocycles. The van der Waals surface area contributed by atoms with Gasteiger partial charge in [0.15, 0.2) is 0 Å². The van der Waals surface area contributed by atoms with Gasteiger partial charge in [0.1, 0.15) is 5.54 Å². The first-order chi connectivity index (χ1) is 10.0. The van der Waals surface area contributed by atoms with Crippen LogP contribution in [-0.2, 0) is 11.3 Å². The van der Waals surface area contributed by atoms with E-state index < -0.39 is 5.54 Å². The van der Waals surface area contributed by atoms with Crippen molar-refractivity contribution in [1.82, 2.24) is 10.2 Å². The molecular weight excluding hydrogens is 350 g/mol. The van der Waals surface area contributed by atoms with Gasteiger partial charge in [-0.25, -0.2) is 0 Å². The molecule has 0 spiro atoms. The predicted octanol–water partition coefficient (Wildman–Crippen LogP) is 3.29. The van der Waals surface area contributed by atoms with Crippen molar-refractivity contribution in [3.8, 4) is 6.07 Å². The topological polar surface area (TPSA) is 56.1 Å². The molecule has 114 valence electrons. The van der Waals surface area contributed by atoms with E-state index in [0.717, 1.165) is 42.4 Å². The van der Waals surface area contributed by atoms with Crippen molar-refractivity contribution in [3.63, 3.8) is 0 Å². The number of amides is 1. The molecule has 1 amide bonds. The largest absolute Gasteiger partial charge is 0.337 e. The van der Waals surface area contributed by atoms with Gasteiger partial charge in [-0.2, -0.15) is 5.26 Å². The fourth-order valence-corrected chi connectivity index (χ4v) is 4.29. The molecular formula is C15H20BrN3OS. The van der Waals surface area contributed by atoms with Crippen molar-refractivity contribution >= 4 is 33.2 Å². The van der Waals surface area contributed by atoms with Crippen LogP contribution in [0.2, 0.25) is 0 Å². The molecule has 0 saturated heterocycles. The van der Waals surface area contributed by atoms with Gasteiger partial charge in [-0.15, -0.1) is 11.3 Å². The molecule has 0 bridgehead atoms. The van der Waals surface area contributed by atoms with E-state index in [0.29, 0.717) is 6.54 Å². The van der Waals surface area contributed by atoms with Crippen molar-refractivity contribution in [2.45, 2.75) is 44.2 Å². The molecule has 1 aliphatic rings. The number of halogens is 1. The zero-order chi connectivity index (χ0) is 15.3. The monoisotopic (exact) mass is 369 g/mol. The molecule has 2 rings (SSSR count). The Morgan fingerprint density at radius 3 is 2.76 bits per heavy atom. The third kappa shape index (κ3) is 4.80. The van der Waals surface area contributed by atoms with Crippen molar-refractivity contribution in [2.75, 3.05) is 13.6 Å². The fraction of sp³-hybridized carbons (Fsp3) is 0.600. The summed E-state index contributed by atoms with van der Waals surface area (Å²) >= 11 is 5.11. The van der Waals surface area contributed by atoms with Gasteiger partial charge in [0.2, 0.25) is 5.91 Å². The minimum Gasteiger partial charge on any atom is -0.337 e. The number of carbonyl (C=O) groups excluding carboxylic acids is 1. The third-order valence-electron chi connectivity index (χ3n) is 3.77. The maximum Gasteiger partial charge on any atom is 0.235 e. The Balaban J connectivity index is 1.84. The Morgan fingerprint density at radius 1 is 1.48 bits per heavy atom. The number of hydrogen-bond acceptors (Lipinski definition) is 4. The molecule has 0 aromatic carbocycles. The molecule has 1 N–H and O–H groups in total. The van der Waals surface area contributed by atoms with Crippen LogP contribution in [0.15, 0.2) is 15.9 Å². The van der Waals surface area contributed by atoms with Crippen LogP contribution in [0.4, 0.5) is 0 Å². The number of likely N-dealkylation sites (N-methyl/N-ethyl adjacent to an activating group) is 1. The highest BCUT2D eigenvalue weighted by Crippen LogP contribution is 2.27. The average molecular weight is 370 g/mol. The number of hydrogen-bond donors (Lipinski definition) is 1. The smallest absolute Gasteiger partial charge is 0.235 e. The Labute approximate surface area is 138 Å². The van der Waals surface area contributed by atoms with Crippen molar-refractivity contribution in [1.29, 1.82) is 5.26 Å². The summed E-state index contributed by atoms with van der Waals surface area (Å²) in [6.07, 6.45) is 4.75. The molecule has 0 atom stereocenters. The molecule has 0 aliphatic heterocycles.